The molecule has 4 rings (SSSR count). The highest BCUT2D eigenvalue weighted by molar-refractivity contribution is 5.91. The van der Waals surface area contributed by atoms with Gasteiger partial charge in [-0.1, -0.05) is 30.3 Å². The normalized spacial score (nSPS) is 14.7. The zero-order valence-electron chi connectivity index (χ0n) is 14.9. The number of piperazine rings is 1. The van der Waals surface area contributed by atoms with Gasteiger partial charge in [0.1, 0.15) is 5.76 Å². The summed E-state index contributed by atoms with van der Waals surface area (Å²) < 4.78 is 5.21. The lowest BCUT2D eigenvalue weighted by Gasteiger charge is -2.34. The van der Waals surface area contributed by atoms with E-state index < -0.39 is 0 Å². The fourth-order valence-electron chi connectivity index (χ4n) is 3.06. The predicted octanol–water partition coefficient (Wildman–Crippen LogP) is 3.10. The molecule has 0 saturated carbocycles. The van der Waals surface area contributed by atoms with Gasteiger partial charge in [0.05, 0.1) is 12.0 Å². The van der Waals surface area contributed by atoms with E-state index in [4.69, 9.17) is 4.42 Å². The molecule has 6 heteroatoms. The van der Waals surface area contributed by atoms with Gasteiger partial charge >= 0.3 is 0 Å². The highest BCUT2D eigenvalue weighted by Gasteiger charge is 2.20. The zero-order valence-corrected chi connectivity index (χ0v) is 14.9. The molecule has 1 aliphatic rings. The van der Waals surface area contributed by atoms with Crippen molar-refractivity contribution in [3.8, 4) is 11.3 Å². The highest BCUT2D eigenvalue weighted by Crippen LogP contribution is 2.19. The molecule has 3 aromatic rings. The number of furan rings is 1. The molecule has 0 N–H and O–H groups in total. The third kappa shape index (κ3) is 4.06. The lowest BCUT2D eigenvalue weighted by Crippen LogP contribution is -2.48. The van der Waals surface area contributed by atoms with Crippen LogP contribution in [0.5, 0.6) is 0 Å². The van der Waals surface area contributed by atoms with Crippen LogP contribution in [0.4, 0.5) is 5.82 Å². The summed E-state index contributed by atoms with van der Waals surface area (Å²) in [4.78, 5) is 16.3. The van der Waals surface area contributed by atoms with Crippen LogP contribution < -0.4 is 4.90 Å². The molecular weight excluding hydrogens is 340 g/mol. The molecule has 0 atom stereocenters. The summed E-state index contributed by atoms with van der Waals surface area (Å²) in [5, 5.41) is 8.71. The minimum atomic E-state index is -0.00319. The van der Waals surface area contributed by atoms with Crippen molar-refractivity contribution in [1.82, 2.24) is 15.1 Å². The number of anilines is 1. The van der Waals surface area contributed by atoms with Crippen molar-refractivity contribution in [2.45, 2.75) is 0 Å². The molecule has 1 aliphatic heterocycles. The van der Waals surface area contributed by atoms with Crippen LogP contribution in [0.3, 0.4) is 0 Å². The highest BCUT2D eigenvalue weighted by atomic mass is 16.3. The first-order valence-electron chi connectivity index (χ1n) is 8.94. The Morgan fingerprint density at radius 1 is 0.926 bits per heavy atom. The van der Waals surface area contributed by atoms with Crippen molar-refractivity contribution in [1.29, 1.82) is 0 Å². The molecule has 1 aromatic carbocycles. The van der Waals surface area contributed by atoms with E-state index in [1.54, 1.807) is 24.5 Å². The Kier molecular flexibility index (Phi) is 4.96. The van der Waals surface area contributed by atoms with E-state index in [0.29, 0.717) is 18.8 Å². The van der Waals surface area contributed by atoms with E-state index in [2.05, 4.69) is 15.1 Å². The van der Waals surface area contributed by atoms with Crippen LogP contribution in [0.1, 0.15) is 5.76 Å². The molecule has 136 valence electrons. The SMILES string of the molecule is O=C(/C=C/c1ccco1)N1CCN(c2ccc(-c3ccccc3)nn2)CC1. The largest absolute Gasteiger partial charge is 0.465 e. The van der Waals surface area contributed by atoms with Gasteiger partial charge in [0, 0.05) is 37.8 Å². The van der Waals surface area contributed by atoms with E-state index in [-0.39, 0.29) is 5.91 Å². The first-order valence-corrected chi connectivity index (χ1v) is 8.94. The Morgan fingerprint density at radius 2 is 1.74 bits per heavy atom. The second kappa shape index (κ2) is 7.86. The van der Waals surface area contributed by atoms with Gasteiger partial charge in [-0.05, 0) is 30.3 Å². The topological polar surface area (TPSA) is 62.5 Å². The van der Waals surface area contributed by atoms with Crippen LogP contribution in [0.15, 0.2) is 71.4 Å². The number of benzene rings is 1. The maximum absolute atomic E-state index is 12.3. The van der Waals surface area contributed by atoms with Gasteiger partial charge in [0.15, 0.2) is 5.82 Å². The van der Waals surface area contributed by atoms with Gasteiger partial charge in [-0.15, -0.1) is 10.2 Å². The smallest absolute Gasteiger partial charge is 0.246 e. The maximum atomic E-state index is 12.3. The molecule has 0 radical (unpaired) electrons. The van der Waals surface area contributed by atoms with Crippen molar-refractivity contribution in [3.63, 3.8) is 0 Å². The van der Waals surface area contributed by atoms with Crippen molar-refractivity contribution < 1.29 is 9.21 Å². The van der Waals surface area contributed by atoms with Crippen molar-refractivity contribution in [3.05, 3.63) is 72.7 Å². The first kappa shape index (κ1) is 17.0. The average molecular weight is 360 g/mol. The second-order valence-corrected chi connectivity index (χ2v) is 6.30. The summed E-state index contributed by atoms with van der Waals surface area (Å²) in [5.41, 5.74) is 1.91. The number of nitrogens with zero attached hydrogens (tertiary/aromatic N) is 4. The number of rotatable bonds is 4. The van der Waals surface area contributed by atoms with Crippen molar-refractivity contribution >= 4 is 17.8 Å². The number of carbonyl (C=O) groups is 1. The Hall–Kier alpha value is -3.41. The van der Waals surface area contributed by atoms with E-state index in [1.165, 1.54) is 0 Å². The number of amides is 1. The Balaban J connectivity index is 1.34. The molecule has 2 aromatic heterocycles. The minimum Gasteiger partial charge on any atom is -0.465 e. The summed E-state index contributed by atoms with van der Waals surface area (Å²) >= 11 is 0. The van der Waals surface area contributed by atoms with Gasteiger partial charge in [-0.3, -0.25) is 4.79 Å². The first-order chi connectivity index (χ1) is 13.3. The van der Waals surface area contributed by atoms with Crippen LogP contribution in [0, 0.1) is 0 Å². The average Bonchev–Trinajstić information content (AvgIpc) is 3.27. The molecule has 0 spiro atoms. The predicted molar refractivity (Wildman–Crippen MR) is 104 cm³/mol. The van der Waals surface area contributed by atoms with Crippen LogP contribution in [0.25, 0.3) is 17.3 Å². The third-order valence-electron chi connectivity index (χ3n) is 4.57. The summed E-state index contributed by atoms with van der Waals surface area (Å²) in [6.45, 7) is 2.78. The summed E-state index contributed by atoms with van der Waals surface area (Å²) in [5.74, 6) is 1.51. The third-order valence-corrected chi connectivity index (χ3v) is 4.57. The molecule has 0 bridgehead atoms. The van der Waals surface area contributed by atoms with Crippen LogP contribution >= 0.6 is 0 Å². The van der Waals surface area contributed by atoms with E-state index in [0.717, 1.165) is 30.2 Å². The zero-order chi connectivity index (χ0) is 18.5. The molecule has 1 amide bonds. The van der Waals surface area contributed by atoms with Gasteiger partial charge < -0.3 is 14.2 Å². The van der Waals surface area contributed by atoms with Gasteiger partial charge in [0.25, 0.3) is 0 Å². The molecular formula is C21H20N4O2. The second-order valence-electron chi connectivity index (χ2n) is 6.30. The molecule has 27 heavy (non-hydrogen) atoms. The van der Waals surface area contributed by atoms with Crippen LogP contribution in [0.2, 0.25) is 0 Å². The lowest BCUT2D eigenvalue weighted by molar-refractivity contribution is -0.126. The lowest BCUT2D eigenvalue weighted by atomic mass is 10.1. The van der Waals surface area contributed by atoms with Gasteiger partial charge in [-0.2, -0.15) is 0 Å². The maximum Gasteiger partial charge on any atom is 0.246 e. The number of hydrogen-bond acceptors (Lipinski definition) is 5. The quantitative estimate of drug-likeness (QED) is 0.669. The molecule has 0 aliphatic carbocycles. The van der Waals surface area contributed by atoms with Crippen LogP contribution in [-0.4, -0.2) is 47.2 Å². The Morgan fingerprint density at radius 3 is 2.41 bits per heavy atom. The number of hydrogen-bond donors (Lipinski definition) is 0. The van der Waals surface area contributed by atoms with Crippen molar-refractivity contribution in [2.75, 3.05) is 31.1 Å². The molecule has 1 saturated heterocycles. The molecule has 0 unspecified atom stereocenters. The molecule has 6 nitrogen and oxygen atoms in total. The minimum absolute atomic E-state index is 0.00319. The number of aromatic nitrogens is 2. The number of carbonyl (C=O) groups excluding carboxylic acids is 1. The fraction of sp³-hybridized carbons (Fsp3) is 0.190. The van der Waals surface area contributed by atoms with Crippen molar-refractivity contribution in [2.24, 2.45) is 0 Å². The van der Waals surface area contributed by atoms with E-state index >= 15 is 0 Å². The van der Waals surface area contributed by atoms with Gasteiger partial charge in [0.2, 0.25) is 5.91 Å². The van der Waals surface area contributed by atoms with E-state index in [1.807, 2.05) is 53.4 Å². The van der Waals surface area contributed by atoms with Gasteiger partial charge in [-0.25, -0.2) is 0 Å². The monoisotopic (exact) mass is 360 g/mol. The van der Waals surface area contributed by atoms with Crippen LogP contribution in [-0.2, 0) is 4.79 Å². The molecule has 1 fully saturated rings. The molecule has 3 heterocycles. The standard InChI is InChI=1S/C21H20N4O2/c26-21(11-8-18-7-4-16-27-18)25-14-12-24(13-15-25)20-10-9-19(22-23-20)17-5-2-1-3-6-17/h1-11,16H,12-15H2/b11-8+. The Bertz CT molecular complexity index is 897. The summed E-state index contributed by atoms with van der Waals surface area (Å²) in [6, 6.07) is 17.6. The summed E-state index contributed by atoms with van der Waals surface area (Å²) in [6.07, 6.45) is 4.85. The van der Waals surface area contributed by atoms with E-state index in [9.17, 15) is 4.79 Å². The fourth-order valence-corrected chi connectivity index (χ4v) is 3.06. The summed E-state index contributed by atoms with van der Waals surface area (Å²) in [7, 11) is 0. The Labute approximate surface area is 157 Å².